The first kappa shape index (κ1) is 47.7. The molecule has 1 aliphatic rings. The highest BCUT2D eigenvalue weighted by Gasteiger charge is 2.26. The van der Waals surface area contributed by atoms with Crippen molar-refractivity contribution in [1.29, 1.82) is 0 Å². The van der Waals surface area contributed by atoms with E-state index in [4.69, 9.17) is 30.9 Å². The summed E-state index contributed by atoms with van der Waals surface area (Å²) in [7, 11) is 3.09. The molecule has 0 saturated carbocycles. The van der Waals surface area contributed by atoms with Crippen LogP contribution in [0.3, 0.4) is 0 Å². The number of nitrogens with two attached hydrogens (primary N) is 2. The lowest BCUT2D eigenvalue weighted by molar-refractivity contribution is -0.138. The van der Waals surface area contributed by atoms with E-state index in [-0.39, 0.29) is 68.1 Å². The second-order valence-electron chi connectivity index (χ2n) is 16.4. The van der Waals surface area contributed by atoms with Crippen LogP contribution in [-0.2, 0) is 40.6 Å². The third kappa shape index (κ3) is 9.40. The van der Waals surface area contributed by atoms with Gasteiger partial charge in [0.2, 0.25) is 17.8 Å². The highest BCUT2D eigenvalue weighted by molar-refractivity contribution is 6.13. The Balaban J connectivity index is 1.13. The van der Waals surface area contributed by atoms with Crippen LogP contribution in [0.4, 0.5) is 5.95 Å². The van der Waals surface area contributed by atoms with Gasteiger partial charge in [-0.05, 0) is 58.4 Å². The third-order valence-electron chi connectivity index (χ3n) is 11.7. The van der Waals surface area contributed by atoms with Crippen molar-refractivity contribution in [2.24, 2.45) is 11.5 Å². The molecule has 0 saturated heterocycles. The van der Waals surface area contributed by atoms with Crippen LogP contribution in [0.25, 0.3) is 44.6 Å². The number of ether oxygens (including phenoxy) is 2. The van der Waals surface area contributed by atoms with Gasteiger partial charge < -0.3 is 35.0 Å². The van der Waals surface area contributed by atoms with Gasteiger partial charge in [-0.1, -0.05) is 12.2 Å². The number of methoxy groups -OCH3 is 1. The van der Waals surface area contributed by atoms with E-state index in [1.807, 2.05) is 48.2 Å². The predicted molar refractivity (Wildman–Crippen MR) is 256 cm³/mol. The number of imidazole rings is 1. The molecule has 0 bridgehead atoms. The molecule has 1 aromatic carbocycles. The van der Waals surface area contributed by atoms with Crippen LogP contribution in [0.2, 0.25) is 0 Å². The number of imide groups is 1. The molecule has 8 rings (SSSR count). The summed E-state index contributed by atoms with van der Waals surface area (Å²) in [6.07, 6.45) is 8.04. The topological polar surface area (TPSA) is 288 Å². The fourth-order valence-electron chi connectivity index (χ4n) is 8.27. The summed E-state index contributed by atoms with van der Waals surface area (Å²) >= 11 is 0. The molecule has 0 spiro atoms. The van der Waals surface area contributed by atoms with Crippen LogP contribution in [-0.4, -0.2) is 128 Å². The summed E-state index contributed by atoms with van der Waals surface area (Å²) < 4.78 is 19.1. The number of carbonyl (C=O) groups excluding carboxylic acids is 6. The molecular formula is C47H51N15O8. The maximum absolute atomic E-state index is 13.9. The zero-order valence-corrected chi connectivity index (χ0v) is 39.4. The average molecular weight is 954 g/mol. The number of fused-ring (bicyclic) bond motifs is 4. The number of nitrogens with zero attached hydrogens (tertiary/aromatic N) is 12. The molecule has 0 fully saturated rings. The molecule has 0 aliphatic carbocycles. The summed E-state index contributed by atoms with van der Waals surface area (Å²) in [5.74, 6) is -2.00. The van der Waals surface area contributed by atoms with Gasteiger partial charge in [-0.25, -0.2) is 19.9 Å². The first-order valence-electron chi connectivity index (χ1n) is 22.4. The largest absolute Gasteiger partial charge is 0.494 e. The summed E-state index contributed by atoms with van der Waals surface area (Å²) in [6.45, 7) is 9.19. The number of amides is 6. The fourth-order valence-corrected chi connectivity index (χ4v) is 8.27. The number of primary amides is 2. The second kappa shape index (κ2) is 19.8. The molecule has 23 nitrogen and oxygen atoms in total. The van der Waals surface area contributed by atoms with Gasteiger partial charge in [-0.2, -0.15) is 10.2 Å². The molecule has 0 atom stereocenters. The second-order valence-corrected chi connectivity index (χ2v) is 16.4. The molecule has 7 aromatic rings. The number of rotatable bonds is 20. The van der Waals surface area contributed by atoms with E-state index >= 15 is 0 Å². The first-order chi connectivity index (χ1) is 33.6. The van der Waals surface area contributed by atoms with E-state index in [0.29, 0.717) is 81.3 Å². The van der Waals surface area contributed by atoms with Crippen molar-refractivity contribution < 1.29 is 38.2 Å². The van der Waals surface area contributed by atoms with Crippen molar-refractivity contribution in [3.8, 4) is 23.0 Å². The van der Waals surface area contributed by atoms with E-state index in [1.165, 1.54) is 42.4 Å². The van der Waals surface area contributed by atoms with Crippen molar-refractivity contribution in [2.45, 2.75) is 66.7 Å². The SMILES string of the molecule is CCn1nc(C)cc1C(=O)Nc1nc2cc(C(N)=O)cc(OCCCN(C)C(=O)CCN3C(=O)C=CC3=O)c2n1C/C=C/Cn1c2nc(-c3cc(C)nn3CC)ncc2c2nc(C(N)=O)cc(OC)c21. The molecule has 7 heterocycles. The lowest BCUT2D eigenvalue weighted by Gasteiger charge is -2.19. The van der Waals surface area contributed by atoms with Crippen LogP contribution >= 0.6 is 0 Å². The van der Waals surface area contributed by atoms with Gasteiger partial charge in [0, 0.05) is 82.7 Å². The van der Waals surface area contributed by atoms with Gasteiger partial charge in [0.05, 0.1) is 36.0 Å². The van der Waals surface area contributed by atoms with E-state index in [1.54, 1.807) is 35.5 Å². The van der Waals surface area contributed by atoms with Crippen molar-refractivity contribution >= 4 is 74.5 Å². The van der Waals surface area contributed by atoms with E-state index < -0.39 is 29.5 Å². The van der Waals surface area contributed by atoms with Crippen molar-refractivity contribution in [3.63, 3.8) is 0 Å². The van der Waals surface area contributed by atoms with E-state index in [0.717, 1.165) is 10.6 Å². The van der Waals surface area contributed by atoms with Crippen molar-refractivity contribution in [1.82, 2.24) is 58.4 Å². The Bertz CT molecular complexity index is 3300. The van der Waals surface area contributed by atoms with E-state index in [9.17, 15) is 28.8 Å². The lowest BCUT2D eigenvalue weighted by Crippen LogP contribution is -2.36. The minimum absolute atomic E-state index is 0.00259. The summed E-state index contributed by atoms with van der Waals surface area (Å²) in [5, 5.41) is 12.5. The number of anilines is 1. The van der Waals surface area contributed by atoms with Gasteiger partial charge in [0.15, 0.2) is 5.82 Å². The number of hydrogen-bond acceptors (Lipinski definition) is 14. The van der Waals surface area contributed by atoms with Crippen LogP contribution in [0.1, 0.15) is 69.4 Å². The molecule has 0 radical (unpaired) electrons. The van der Waals surface area contributed by atoms with Gasteiger partial charge in [0.1, 0.15) is 50.8 Å². The first-order valence-corrected chi connectivity index (χ1v) is 22.4. The number of hydrogen-bond donors (Lipinski definition) is 3. The predicted octanol–water partition coefficient (Wildman–Crippen LogP) is 3.30. The van der Waals surface area contributed by atoms with Gasteiger partial charge in [-0.15, -0.1) is 0 Å². The van der Waals surface area contributed by atoms with Crippen LogP contribution in [0.15, 0.2) is 60.8 Å². The molecule has 6 aromatic heterocycles. The Morgan fingerprint density at radius 3 is 2.21 bits per heavy atom. The van der Waals surface area contributed by atoms with E-state index in [2.05, 4.69) is 25.5 Å². The highest BCUT2D eigenvalue weighted by Crippen LogP contribution is 2.35. The Labute approximate surface area is 399 Å². The van der Waals surface area contributed by atoms with Crippen LogP contribution in [0, 0.1) is 13.8 Å². The Morgan fingerprint density at radius 1 is 0.829 bits per heavy atom. The minimum atomic E-state index is -0.736. The number of nitrogens with one attached hydrogen (secondary N) is 1. The third-order valence-corrected chi connectivity index (χ3v) is 11.7. The quantitative estimate of drug-likeness (QED) is 0.0562. The Morgan fingerprint density at radius 2 is 1.53 bits per heavy atom. The monoisotopic (exact) mass is 953 g/mol. The van der Waals surface area contributed by atoms with Crippen LogP contribution < -0.4 is 26.3 Å². The molecule has 6 amide bonds. The Kier molecular flexibility index (Phi) is 13.5. The summed E-state index contributed by atoms with van der Waals surface area (Å²) in [6, 6.07) is 8.06. The lowest BCUT2D eigenvalue weighted by atomic mass is 10.1. The normalized spacial score (nSPS) is 12.6. The smallest absolute Gasteiger partial charge is 0.276 e. The molecule has 0 unspecified atom stereocenters. The van der Waals surface area contributed by atoms with Gasteiger partial charge >= 0.3 is 0 Å². The minimum Gasteiger partial charge on any atom is -0.494 e. The standard InChI is InChI=1S/C47H51N15O8/c1-7-61-32(20-26(3)55-61)44-50-25-29-39-41(34(69-6)24-31(51-39)43(49)67)59(45(29)53-44)16-9-10-17-60-40-30(52-47(60)54-46(68)33-21-27(4)56-62(33)8-2)22-28(42(48)66)23-35(40)70-19-11-15-57(5)36(63)14-18-58-37(64)12-13-38(58)65/h9-10,12-13,20-25H,7-8,11,14-19H2,1-6H3,(H2,48,66)(H2,49,67)(H,52,54,68)/b10-9+. The molecule has 1 aliphatic heterocycles. The zero-order valence-electron chi connectivity index (χ0n) is 39.4. The van der Waals surface area contributed by atoms with Gasteiger partial charge in [0.25, 0.3) is 23.6 Å². The van der Waals surface area contributed by atoms with Crippen molar-refractivity contribution in [3.05, 3.63) is 89.2 Å². The Hall–Kier alpha value is -8.76. The average Bonchev–Trinajstić information content (AvgIpc) is 4.16. The number of aryl methyl sites for hydroxylation is 4. The number of allylic oxidation sites excluding steroid dienone is 2. The maximum atomic E-state index is 13.9. The number of pyridine rings is 1. The van der Waals surface area contributed by atoms with Crippen LogP contribution in [0.5, 0.6) is 11.5 Å². The molecule has 70 heavy (non-hydrogen) atoms. The summed E-state index contributed by atoms with van der Waals surface area (Å²) in [4.78, 5) is 97.4. The molecular weight excluding hydrogens is 903 g/mol. The maximum Gasteiger partial charge on any atom is 0.276 e. The number of carbonyl (C=O) groups is 6. The van der Waals surface area contributed by atoms with Crippen molar-refractivity contribution in [2.75, 3.05) is 39.2 Å². The molecule has 23 heteroatoms. The molecule has 362 valence electrons. The number of benzene rings is 1. The fraction of sp³-hybridized carbons (Fsp3) is 0.319. The summed E-state index contributed by atoms with van der Waals surface area (Å²) in [5.41, 5.74) is 16.3. The van der Waals surface area contributed by atoms with Gasteiger partial charge in [-0.3, -0.25) is 48.3 Å². The number of aromatic nitrogens is 10. The zero-order chi connectivity index (χ0) is 50.0. The molecule has 5 N–H and O–H groups in total. The highest BCUT2D eigenvalue weighted by atomic mass is 16.5.